The maximum atomic E-state index is 6.57. The summed E-state index contributed by atoms with van der Waals surface area (Å²) in [6.07, 6.45) is 0. The number of nitrogens with zero attached hydrogens (tertiary/aromatic N) is 2. The van der Waals surface area contributed by atoms with E-state index >= 15 is 0 Å². The van der Waals surface area contributed by atoms with Crippen molar-refractivity contribution < 1.29 is 4.42 Å². The molecule has 3 nitrogen and oxygen atoms in total. The molecule has 1 aliphatic carbocycles. The van der Waals surface area contributed by atoms with Gasteiger partial charge < -0.3 is 13.9 Å². The van der Waals surface area contributed by atoms with Gasteiger partial charge in [0, 0.05) is 44.0 Å². The van der Waals surface area contributed by atoms with Crippen LogP contribution in [0, 0.1) is 0 Å². The monoisotopic (exact) mass is 890 g/mol. The quantitative estimate of drug-likeness (QED) is 0.166. The minimum Gasteiger partial charge on any atom is -0.455 e. The first kappa shape index (κ1) is 38.9. The molecule has 0 radical (unpaired) electrons. The lowest BCUT2D eigenvalue weighted by Gasteiger charge is -2.40. The predicted octanol–water partition coefficient (Wildman–Crippen LogP) is 17.8. The molecule has 2 aromatic heterocycles. The van der Waals surface area contributed by atoms with Crippen LogP contribution in [0.2, 0.25) is 0 Å². The second kappa shape index (κ2) is 14.9. The number of rotatable bonds is 6. The highest BCUT2D eigenvalue weighted by Gasteiger charge is 2.51. The van der Waals surface area contributed by atoms with Crippen LogP contribution in [0.3, 0.4) is 0 Å². The Hall–Kier alpha value is -9.18. The summed E-state index contributed by atoms with van der Waals surface area (Å²) >= 11 is 0. The minimum atomic E-state index is -0.595. The fraction of sp³-hybridized carbons (Fsp3) is 0.0149. The van der Waals surface area contributed by atoms with Crippen molar-refractivity contribution in [3.05, 3.63) is 277 Å². The fourth-order valence-corrected chi connectivity index (χ4v) is 12.4. The molecule has 2 aliphatic rings. The van der Waals surface area contributed by atoms with Gasteiger partial charge in [-0.05, 0) is 104 Å². The highest BCUT2D eigenvalue weighted by molar-refractivity contribution is 6.13. The molecule has 0 atom stereocenters. The molecular formula is C67H42N2O. The Morgan fingerprint density at radius 1 is 0.343 bits per heavy atom. The van der Waals surface area contributed by atoms with Crippen LogP contribution in [-0.4, -0.2) is 4.57 Å². The van der Waals surface area contributed by atoms with Crippen LogP contribution in [0.4, 0.5) is 17.1 Å². The molecule has 0 saturated heterocycles. The van der Waals surface area contributed by atoms with E-state index in [9.17, 15) is 0 Å². The lowest BCUT2D eigenvalue weighted by Crippen LogP contribution is -2.33. The van der Waals surface area contributed by atoms with E-state index in [0.717, 1.165) is 55.7 Å². The van der Waals surface area contributed by atoms with Crippen molar-refractivity contribution in [2.45, 2.75) is 5.41 Å². The Morgan fingerprint density at radius 2 is 0.900 bits per heavy atom. The summed E-state index contributed by atoms with van der Waals surface area (Å²) in [6, 6.07) is 93.7. The van der Waals surface area contributed by atoms with E-state index in [1.54, 1.807) is 0 Å². The lowest BCUT2D eigenvalue weighted by molar-refractivity contribution is 0.670. The average Bonchev–Trinajstić information content (AvgIpc) is 4.09. The van der Waals surface area contributed by atoms with Gasteiger partial charge in [0.1, 0.15) is 11.2 Å². The Kier molecular flexibility index (Phi) is 8.28. The van der Waals surface area contributed by atoms with Gasteiger partial charge in [0.15, 0.2) is 0 Å². The van der Waals surface area contributed by atoms with E-state index in [4.69, 9.17) is 4.42 Å². The number of para-hydroxylation sites is 5. The van der Waals surface area contributed by atoms with Gasteiger partial charge in [-0.1, -0.05) is 206 Å². The molecule has 3 heteroatoms. The van der Waals surface area contributed by atoms with E-state index in [2.05, 4.69) is 258 Å². The van der Waals surface area contributed by atoms with Crippen molar-refractivity contribution in [1.29, 1.82) is 0 Å². The number of benzene rings is 11. The SMILES string of the molecule is c1ccc(-c2ccccc2-c2ccccc2N(c2ccc(-c3cccc4c3oc3ccccc34)cc2)c2ccc3c(c2)C2(c4ccccc4-c4ccccc42)c2cccc4c5ccccc5n-3c24)cc1. The summed E-state index contributed by atoms with van der Waals surface area (Å²) in [5.41, 5.74) is 22.7. The minimum absolute atomic E-state index is 0.595. The van der Waals surface area contributed by atoms with Gasteiger partial charge in [0.25, 0.3) is 0 Å². The first-order valence-electron chi connectivity index (χ1n) is 24.2. The number of hydrogen-bond acceptors (Lipinski definition) is 2. The molecule has 70 heavy (non-hydrogen) atoms. The van der Waals surface area contributed by atoms with Crippen LogP contribution in [0.1, 0.15) is 22.3 Å². The van der Waals surface area contributed by atoms with Crippen molar-refractivity contribution in [2.24, 2.45) is 0 Å². The van der Waals surface area contributed by atoms with Crippen LogP contribution in [-0.2, 0) is 5.41 Å². The molecule has 0 N–H and O–H groups in total. The zero-order valence-corrected chi connectivity index (χ0v) is 38.1. The zero-order chi connectivity index (χ0) is 45.9. The molecule has 1 spiro atoms. The number of aromatic nitrogens is 1. The first-order chi connectivity index (χ1) is 34.8. The number of fused-ring (bicyclic) bond motifs is 15. The molecule has 15 rings (SSSR count). The molecule has 11 aromatic carbocycles. The molecule has 0 bridgehead atoms. The van der Waals surface area contributed by atoms with Crippen LogP contribution < -0.4 is 4.90 Å². The summed E-state index contributed by atoms with van der Waals surface area (Å²) in [6.45, 7) is 0. The maximum Gasteiger partial charge on any atom is 0.143 e. The Balaban J connectivity index is 1.01. The molecule has 0 fully saturated rings. The lowest BCUT2D eigenvalue weighted by atomic mass is 9.65. The molecule has 1 aliphatic heterocycles. The Labute approximate surface area is 405 Å². The van der Waals surface area contributed by atoms with Gasteiger partial charge in [-0.3, -0.25) is 0 Å². The van der Waals surface area contributed by atoms with Crippen LogP contribution >= 0.6 is 0 Å². The van der Waals surface area contributed by atoms with Crippen LogP contribution in [0.15, 0.2) is 259 Å². The van der Waals surface area contributed by atoms with Crippen molar-refractivity contribution in [3.8, 4) is 50.2 Å². The van der Waals surface area contributed by atoms with E-state index < -0.39 is 5.41 Å². The number of furan rings is 1. The van der Waals surface area contributed by atoms with E-state index in [1.165, 1.54) is 77.6 Å². The van der Waals surface area contributed by atoms with Gasteiger partial charge in [0.05, 0.1) is 27.8 Å². The summed E-state index contributed by atoms with van der Waals surface area (Å²) < 4.78 is 9.11. The van der Waals surface area contributed by atoms with Gasteiger partial charge in [0.2, 0.25) is 0 Å². The van der Waals surface area contributed by atoms with E-state index in [-0.39, 0.29) is 0 Å². The topological polar surface area (TPSA) is 21.3 Å². The largest absolute Gasteiger partial charge is 0.455 e. The van der Waals surface area contributed by atoms with Crippen molar-refractivity contribution in [1.82, 2.24) is 4.57 Å². The van der Waals surface area contributed by atoms with E-state index in [0.29, 0.717) is 0 Å². The molecule has 0 unspecified atom stereocenters. The maximum absolute atomic E-state index is 6.57. The molecular weight excluding hydrogens is 849 g/mol. The third kappa shape index (κ3) is 5.34. The second-order valence-electron chi connectivity index (χ2n) is 18.7. The molecule has 3 heterocycles. The van der Waals surface area contributed by atoms with Gasteiger partial charge in [-0.15, -0.1) is 0 Å². The van der Waals surface area contributed by atoms with Gasteiger partial charge in [-0.2, -0.15) is 0 Å². The summed E-state index contributed by atoms with van der Waals surface area (Å²) in [7, 11) is 0. The Morgan fingerprint density at radius 3 is 1.70 bits per heavy atom. The predicted molar refractivity (Wildman–Crippen MR) is 290 cm³/mol. The molecule has 13 aromatic rings. The van der Waals surface area contributed by atoms with Crippen molar-refractivity contribution in [2.75, 3.05) is 4.90 Å². The average molecular weight is 891 g/mol. The number of hydrogen-bond donors (Lipinski definition) is 0. The van der Waals surface area contributed by atoms with Gasteiger partial charge in [-0.25, -0.2) is 0 Å². The summed E-state index contributed by atoms with van der Waals surface area (Å²) in [4.78, 5) is 2.48. The van der Waals surface area contributed by atoms with Gasteiger partial charge >= 0.3 is 0 Å². The highest BCUT2D eigenvalue weighted by atomic mass is 16.3. The highest BCUT2D eigenvalue weighted by Crippen LogP contribution is 2.62. The normalized spacial score (nSPS) is 13.0. The molecule has 0 saturated carbocycles. The van der Waals surface area contributed by atoms with Crippen molar-refractivity contribution in [3.63, 3.8) is 0 Å². The first-order valence-corrected chi connectivity index (χ1v) is 24.2. The smallest absolute Gasteiger partial charge is 0.143 e. The summed E-state index contributed by atoms with van der Waals surface area (Å²) in [5.74, 6) is 0. The van der Waals surface area contributed by atoms with Crippen molar-refractivity contribution >= 4 is 60.8 Å². The Bertz CT molecular complexity index is 4200. The third-order valence-corrected chi connectivity index (χ3v) is 15.2. The number of anilines is 3. The van der Waals surface area contributed by atoms with E-state index in [1.807, 2.05) is 6.07 Å². The zero-order valence-electron chi connectivity index (χ0n) is 38.1. The molecule has 326 valence electrons. The fourth-order valence-electron chi connectivity index (χ4n) is 12.4. The van der Waals surface area contributed by atoms with Crippen LogP contribution in [0.25, 0.3) is 93.9 Å². The van der Waals surface area contributed by atoms with Crippen LogP contribution in [0.5, 0.6) is 0 Å². The standard InChI is InChI=1S/C67H42N2O/c1-2-18-43(19-3-1)47-20-4-5-21-49(47)52-24-8-13-33-61(52)68(45-38-36-44(37-39-45)48-27-16-29-56-54-26-10-15-35-64(54)70-66(48)56)46-40-41-63-60(42-46)67(57-30-11-6-22-50(57)51-23-7-12-31-58(51)67)59-32-17-28-55-53-25-9-14-34-62(53)69(63)65(55)59/h1-42H. The second-order valence-corrected chi connectivity index (χ2v) is 18.7. The summed E-state index contributed by atoms with van der Waals surface area (Å²) in [5, 5.41) is 4.79. The molecule has 0 amide bonds. The third-order valence-electron chi connectivity index (χ3n) is 15.2.